The zero-order valence-electron chi connectivity index (χ0n) is 13.3. The molecule has 1 amide bonds. The normalized spacial score (nSPS) is 18.3. The minimum absolute atomic E-state index is 0.0664. The molecule has 0 radical (unpaired) electrons. The molecule has 23 heavy (non-hydrogen) atoms. The maximum Gasteiger partial charge on any atom is 0.257 e. The number of hydrogen-bond acceptors (Lipinski definition) is 3. The Balaban J connectivity index is 1.71. The van der Waals surface area contributed by atoms with Crippen LogP contribution >= 0.6 is 11.8 Å². The number of thioether (sulfide) groups is 1. The molecular formula is C19H21NO2S. The minimum Gasteiger partial charge on any atom is -0.496 e. The lowest BCUT2D eigenvalue weighted by Crippen LogP contribution is -2.33. The van der Waals surface area contributed by atoms with Crippen LogP contribution in [0.4, 0.5) is 0 Å². The topological polar surface area (TPSA) is 29.5 Å². The Morgan fingerprint density at radius 2 is 1.83 bits per heavy atom. The second-order valence-corrected chi connectivity index (χ2v) is 6.86. The highest BCUT2D eigenvalue weighted by Crippen LogP contribution is 2.34. The molecule has 2 aromatic carbocycles. The molecule has 0 unspecified atom stereocenters. The van der Waals surface area contributed by atoms with Crippen molar-refractivity contribution in [3.05, 3.63) is 65.7 Å². The van der Waals surface area contributed by atoms with Gasteiger partial charge < -0.3 is 9.64 Å². The number of hydrogen-bond donors (Lipinski definition) is 0. The van der Waals surface area contributed by atoms with Gasteiger partial charge in [0.2, 0.25) is 0 Å². The van der Waals surface area contributed by atoms with Crippen LogP contribution in [0, 0.1) is 0 Å². The Bertz CT molecular complexity index is 659. The Labute approximate surface area is 141 Å². The highest BCUT2D eigenvalue weighted by molar-refractivity contribution is 7.99. The molecule has 0 bridgehead atoms. The highest BCUT2D eigenvalue weighted by Gasteiger charge is 2.24. The van der Waals surface area contributed by atoms with Crippen molar-refractivity contribution in [2.24, 2.45) is 0 Å². The lowest BCUT2D eigenvalue weighted by atomic mass is 10.1. The van der Waals surface area contributed by atoms with Gasteiger partial charge in [-0.1, -0.05) is 42.5 Å². The van der Waals surface area contributed by atoms with Crippen molar-refractivity contribution in [1.82, 2.24) is 4.90 Å². The third-order valence-electron chi connectivity index (χ3n) is 4.14. The standard InChI is InChI=1S/C19H21NO2S/c1-22-17-10-6-5-9-16(17)19(21)20-12-11-18(23-14-13-20)15-7-3-2-4-8-15/h2-10,18H,11-14H2,1H3/t18-/m0/s1. The van der Waals surface area contributed by atoms with E-state index in [-0.39, 0.29) is 5.91 Å². The molecule has 0 N–H and O–H groups in total. The summed E-state index contributed by atoms with van der Waals surface area (Å²) >= 11 is 1.94. The van der Waals surface area contributed by atoms with Crippen LogP contribution in [-0.4, -0.2) is 36.8 Å². The maximum absolute atomic E-state index is 12.8. The van der Waals surface area contributed by atoms with Crippen molar-refractivity contribution < 1.29 is 9.53 Å². The number of rotatable bonds is 3. The van der Waals surface area contributed by atoms with E-state index in [1.807, 2.05) is 47.0 Å². The number of carbonyl (C=O) groups excluding carboxylic acids is 1. The van der Waals surface area contributed by atoms with Crippen LogP contribution in [0.3, 0.4) is 0 Å². The monoisotopic (exact) mass is 327 g/mol. The quantitative estimate of drug-likeness (QED) is 0.853. The van der Waals surface area contributed by atoms with Crippen molar-refractivity contribution in [2.45, 2.75) is 11.7 Å². The Morgan fingerprint density at radius 3 is 2.61 bits per heavy atom. The van der Waals surface area contributed by atoms with Crippen molar-refractivity contribution >= 4 is 17.7 Å². The molecule has 3 nitrogen and oxygen atoms in total. The van der Waals surface area contributed by atoms with Crippen molar-refractivity contribution in [3.63, 3.8) is 0 Å². The second-order valence-electron chi connectivity index (χ2n) is 5.55. The molecule has 1 fully saturated rings. The molecule has 0 aromatic heterocycles. The van der Waals surface area contributed by atoms with E-state index in [1.54, 1.807) is 7.11 Å². The molecule has 0 aliphatic carbocycles. The lowest BCUT2D eigenvalue weighted by Gasteiger charge is -2.21. The Hall–Kier alpha value is -1.94. The van der Waals surface area contributed by atoms with Gasteiger partial charge in [-0.25, -0.2) is 0 Å². The summed E-state index contributed by atoms with van der Waals surface area (Å²) in [5.41, 5.74) is 2.00. The summed E-state index contributed by atoms with van der Waals surface area (Å²) in [5.74, 6) is 1.67. The predicted molar refractivity (Wildman–Crippen MR) is 95.2 cm³/mol. The molecule has 0 spiro atoms. The summed E-state index contributed by atoms with van der Waals surface area (Å²) in [7, 11) is 1.61. The van der Waals surface area contributed by atoms with Crippen LogP contribution in [0.15, 0.2) is 54.6 Å². The molecule has 1 saturated heterocycles. The van der Waals surface area contributed by atoms with E-state index in [0.717, 1.165) is 25.3 Å². The fourth-order valence-corrected chi connectivity index (χ4v) is 4.13. The molecule has 120 valence electrons. The van der Waals surface area contributed by atoms with Gasteiger partial charge in [-0.05, 0) is 24.1 Å². The van der Waals surface area contributed by atoms with E-state index < -0.39 is 0 Å². The molecule has 0 saturated carbocycles. The average molecular weight is 327 g/mol. The summed E-state index contributed by atoms with van der Waals surface area (Å²) in [6, 6.07) is 18.0. The van der Waals surface area contributed by atoms with Crippen LogP contribution in [0.2, 0.25) is 0 Å². The molecule has 4 heteroatoms. The first kappa shape index (κ1) is 15.9. The Morgan fingerprint density at radius 1 is 1.09 bits per heavy atom. The summed E-state index contributed by atoms with van der Waals surface area (Å²) in [6.45, 7) is 1.56. The first-order valence-electron chi connectivity index (χ1n) is 7.88. The smallest absolute Gasteiger partial charge is 0.257 e. The second kappa shape index (κ2) is 7.55. The van der Waals surface area contributed by atoms with Crippen LogP contribution in [-0.2, 0) is 0 Å². The number of benzene rings is 2. The van der Waals surface area contributed by atoms with E-state index in [1.165, 1.54) is 5.56 Å². The molecular weight excluding hydrogens is 306 g/mol. The number of amides is 1. The first-order chi connectivity index (χ1) is 11.3. The van der Waals surface area contributed by atoms with E-state index in [0.29, 0.717) is 16.6 Å². The van der Waals surface area contributed by atoms with Gasteiger partial charge in [-0.3, -0.25) is 4.79 Å². The van der Waals surface area contributed by atoms with Gasteiger partial charge in [0.1, 0.15) is 5.75 Å². The highest BCUT2D eigenvalue weighted by atomic mass is 32.2. The largest absolute Gasteiger partial charge is 0.496 e. The number of methoxy groups -OCH3 is 1. The van der Waals surface area contributed by atoms with Crippen LogP contribution < -0.4 is 4.74 Å². The summed E-state index contributed by atoms with van der Waals surface area (Å²) in [6.07, 6.45) is 0.982. The summed E-state index contributed by atoms with van der Waals surface area (Å²) in [4.78, 5) is 14.8. The number of carbonyl (C=O) groups is 1. The van der Waals surface area contributed by atoms with Crippen molar-refractivity contribution in [1.29, 1.82) is 0 Å². The van der Waals surface area contributed by atoms with Crippen molar-refractivity contribution in [3.8, 4) is 5.75 Å². The van der Waals surface area contributed by atoms with Crippen LogP contribution in [0.5, 0.6) is 5.75 Å². The molecule has 1 heterocycles. The lowest BCUT2D eigenvalue weighted by molar-refractivity contribution is 0.0763. The van der Waals surface area contributed by atoms with Gasteiger partial charge in [0.15, 0.2) is 0 Å². The number of para-hydroxylation sites is 1. The molecule has 1 atom stereocenters. The fraction of sp³-hybridized carbons (Fsp3) is 0.316. The van der Waals surface area contributed by atoms with E-state index in [4.69, 9.17) is 4.74 Å². The SMILES string of the molecule is COc1ccccc1C(=O)N1CCS[C@H](c2ccccc2)CC1. The van der Waals surface area contributed by atoms with E-state index in [9.17, 15) is 4.79 Å². The maximum atomic E-state index is 12.8. The van der Waals surface area contributed by atoms with Crippen LogP contribution in [0.25, 0.3) is 0 Å². The molecule has 3 rings (SSSR count). The number of nitrogens with zero attached hydrogens (tertiary/aromatic N) is 1. The van der Waals surface area contributed by atoms with Gasteiger partial charge in [0, 0.05) is 24.1 Å². The third kappa shape index (κ3) is 3.70. The van der Waals surface area contributed by atoms with Gasteiger partial charge >= 0.3 is 0 Å². The fourth-order valence-electron chi connectivity index (χ4n) is 2.90. The van der Waals surface area contributed by atoms with E-state index in [2.05, 4.69) is 24.3 Å². The van der Waals surface area contributed by atoms with Gasteiger partial charge in [0.25, 0.3) is 5.91 Å². The van der Waals surface area contributed by atoms with Gasteiger partial charge in [0.05, 0.1) is 12.7 Å². The first-order valence-corrected chi connectivity index (χ1v) is 8.93. The summed E-state index contributed by atoms with van der Waals surface area (Å²) < 4.78 is 5.33. The van der Waals surface area contributed by atoms with E-state index >= 15 is 0 Å². The third-order valence-corrected chi connectivity index (χ3v) is 5.47. The Kier molecular flexibility index (Phi) is 5.23. The molecule has 1 aliphatic heterocycles. The molecule has 2 aromatic rings. The predicted octanol–water partition coefficient (Wildman–Crippen LogP) is 4.02. The minimum atomic E-state index is 0.0664. The van der Waals surface area contributed by atoms with Crippen molar-refractivity contribution in [2.75, 3.05) is 26.0 Å². The zero-order valence-corrected chi connectivity index (χ0v) is 14.1. The summed E-state index contributed by atoms with van der Waals surface area (Å²) in [5, 5.41) is 0.465. The van der Waals surface area contributed by atoms with Gasteiger partial charge in [-0.15, -0.1) is 0 Å². The number of ether oxygens (including phenoxy) is 1. The van der Waals surface area contributed by atoms with Gasteiger partial charge in [-0.2, -0.15) is 11.8 Å². The zero-order chi connectivity index (χ0) is 16.1. The average Bonchev–Trinajstić information content (AvgIpc) is 2.88. The molecule has 1 aliphatic rings. The van der Waals surface area contributed by atoms with Crippen LogP contribution in [0.1, 0.15) is 27.6 Å².